The second kappa shape index (κ2) is 17.2. The van der Waals surface area contributed by atoms with Gasteiger partial charge in [0, 0.05) is 37.7 Å². The smallest absolute Gasteiger partial charge is 0.315 e. The van der Waals surface area contributed by atoms with Gasteiger partial charge in [-0.3, -0.25) is 9.69 Å². The van der Waals surface area contributed by atoms with Crippen molar-refractivity contribution in [3.05, 3.63) is 130 Å². The third-order valence-electron chi connectivity index (χ3n) is 10.1. The fourth-order valence-corrected chi connectivity index (χ4v) is 7.01. The highest BCUT2D eigenvalue weighted by Gasteiger charge is 2.39. The van der Waals surface area contributed by atoms with Crippen molar-refractivity contribution < 1.29 is 33.6 Å². The van der Waals surface area contributed by atoms with Crippen molar-refractivity contribution in [3.63, 3.8) is 0 Å². The number of amides is 2. The summed E-state index contributed by atoms with van der Waals surface area (Å²) < 4.78 is 24.6. The first-order chi connectivity index (χ1) is 25.2. The molecule has 10 nitrogen and oxygen atoms in total. The summed E-state index contributed by atoms with van der Waals surface area (Å²) in [5, 5.41) is 15.3. The number of carbonyl (C=O) groups excluding carboxylic acids is 2. The molecule has 2 aliphatic heterocycles. The number of benzene rings is 4. The predicted molar refractivity (Wildman–Crippen MR) is 198 cm³/mol. The fraction of sp³-hybridized carbons (Fsp3) is 0.381. The summed E-state index contributed by atoms with van der Waals surface area (Å²) in [6.07, 6.45) is 0.371. The normalized spacial score (nSPS) is 20.7. The van der Waals surface area contributed by atoms with Crippen molar-refractivity contribution in [3.8, 4) is 11.5 Å². The molecule has 1 unspecified atom stereocenters. The van der Waals surface area contributed by atoms with Crippen LogP contribution in [0.3, 0.4) is 0 Å². The Morgan fingerprint density at radius 1 is 0.865 bits per heavy atom. The molecule has 0 aromatic heterocycles. The maximum atomic E-state index is 12.8. The Bertz CT molecular complexity index is 1800. The molecule has 2 heterocycles. The Morgan fingerprint density at radius 3 is 2.17 bits per heavy atom. The first kappa shape index (κ1) is 37.0. The minimum Gasteiger partial charge on any atom is -0.493 e. The lowest BCUT2D eigenvalue weighted by molar-refractivity contribution is -0.276. The Hall–Kier alpha value is -4.74. The summed E-state index contributed by atoms with van der Waals surface area (Å²) in [6, 6.07) is 28.6. The predicted octanol–water partition coefficient (Wildman–Crippen LogP) is 6.05. The zero-order valence-electron chi connectivity index (χ0n) is 30.3. The summed E-state index contributed by atoms with van der Waals surface area (Å²) in [5.74, 6) is 1.43. The number of carbonyl (C=O) groups is 2. The van der Waals surface area contributed by atoms with E-state index in [1.165, 1.54) is 18.1 Å². The SMILES string of the molecule is COc1cc2c(cc1OC)CN(C[C@H]1OC(c3ccc(CNC(=O)N[C@H](Cc4ccccc4)C(C)=O)cc3)O[C@@H](c3ccc(CO)cc3)[C@H]1C)CC2. The molecule has 0 radical (unpaired) electrons. The van der Waals surface area contributed by atoms with Crippen molar-refractivity contribution in [2.75, 3.05) is 27.3 Å². The van der Waals surface area contributed by atoms with E-state index >= 15 is 0 Å². The van der Waals surface area contributed by atoms with Crippen molar-refractivity contribution in [1.29, 1.82) is 0 Å². The summed E-state index contributed by atoms with van der Waals surface area (Å²) in [5.41, 5.74) is 7.14. The van der Waals surface area contributed by atoms with Crippen LogP contribution < -0.4 is 20.1 Å². The summed E-state index contributed by atoms with van der Waals surface area (Å²) in [7, 11) is 3.33. The lowest BCUT2D eigenvalue weighted by Gasteiger charge is -2.43. The molecule has 5 atom stereocenters. The van der Waals surface area contributed by atoms with Gasteiger partial charge in [0.05, 0.1) is 39.1 Å². The van der Waals surface area contributed by atoms with Gasteiger partial charge in [-0.05, 0) is 65.3 Å². The molecule has 52 heavy (non-hydrogen) atoms. The van der Waals surface area contributed by atoms with Crippen LogP contribution in [0.15, 0.2) is 91.0 Å². The second-order valence-electron chi connectivity index (χ2n) is 13.7. The third kappa shape index (κ3) is 9.00. The Labute approximate surface area is 306 Å². The van der Waals surface area contributed by atoms with Crippen LogP contribution in [0.5, 0.6) is 11.5 Å². The number of hydrogen-bond acceptors (Lipinski definition) is 8. The molecule has 1 saturated heterocycles. The van der Waals surface area contributed by atoms with E-state index in [0.29, 0.717) is 13.0 Å². The fourth-order valence-electron chi connectivity index (χ4n) is 7.01. The van der Waals surface area contributed by atoms with Gasteiger partial charge in [-0.1, -0.05) is 85.8 Å². The van der Waals surface area contributed by atoms with Gasteiger partial charge in [0.2, 0.25) is 0 Å². The largest absolute Gasteiger partial charge is 0.493 e. The number of rotatable bonds is 13. The van der Waals surface area contributed by atoms with Crippen molar-refractivity contribution in [1.82, 2.24) is 15.5 Å². The standard InChI is InChI=1S/C42H49N3O7/c1-27-39(25-45-19-18-34-21-37(49-3)38(50-4)22-35(34)24-45)51-41(52-40(27)32-14-12-31(26-46)13-15-32)33-16-10-30(11-17-33)23-43-42(48)44-36(28(2)47)20-29-8-6-5-7-9-29/h5-17,21-22,27,36,39-41,46H,18-20,23-26H2,1-4H3,(H2,43,44,48)/t27-,36+,39+,40+,41?/m0/s1. The zero-order chi connectivity index (χ0) is 36.6. The van der Waals surface area contributed by atoms with Crippen molar-refractivity contribution >= 4 is 11.8 Å². The number of aliphatic hydroxyl groups excluding tert-OH is 1. The molecule has 0 saturated carbocycles. The van der Waals surface area contributed by atoms with E-state index < -0.39 is 18.4 Å². The number of aliphatic hydroxyl groups is 1. The van der Waals surface area contributed by atoms with Crippen molar-refractivity contribution in [2.45, 2.75) is 70.9 Å². The van der Waals surface area contributed by atoms with E-state index in [0.717, 1.165) is 65.4 Å². The van der Waals surface area contributed by atoms with Crippen LogP contribution in [0, 0.1) is 5.92 Å². The molecule has 2 aliphatic rings. The lowest BCUT2D eigenvalue weighted by Crippen LogP contribution is -2.46. The van der Waals surface area contributed by atoms with Gasteiger partial charge in [-0.25, -0.2) is 4.79 Å². The van der Waals surface area contributed by atoms with Gasteiger partial charge in [0.1, 0.15) is 0 Å². The van der Waals surface area contributed by atoms with Crippen LogP contribution in [0.4, 0.5) is 4.79 Å². The first-order valence-corrected chi connectivity index (χ1v) is 17.9. The highest BCUT2D eigenvalue weighted by Crippen LogP contribution is 2.42. The molecule has 0 aliphatic carbocycles. The van der Waals surface area contributed by atoms with Gasteiger partial charge >= 0.3 is 6.03 Å². The zero-order valence-corrected chi connectivity index (χ0v) is 30.3. The number of hydrogen-bond donors (Lipinski definition) is 3. The minimum atomic E-state index is -0.612. The van der Waals surface area contributed by atoms with Crippen LogP contribution in [0.2, 0.25) is 0 Å². The van der Waals surface area contributed by atoms with E-state index in [2.05, 4.69) is 34.6 Å². The van der Waals surface area contributed by atoms with Gasteiger partial charge in [-0.2, -0.15) is 0 Å². The number of methoxy groups -OCH3 is 2. The average Bonchev–Trinajstić information content (AvgIpc) is 3.17. The topological polar surface area (TPSA) is 119 Å². The van der Waals surface area contributed by atoms with Crippen LogP contribution in [0.25, 0.3) is 0 Å². The molecule has 6 rings (SSSR count). The number of Topliss-reactive ketones (excluding diaryl/α,β-unsaturated/α-hetero) is 1. The number of ketones is 1. The van der Waals surface area contributed by atoms with Crippen LogP contribution in [0.1, 0.15) is 65.2 Å². The van der Waals surface area contributed by atoms with E-state index in [1.807, 2.05) is 78.9 Å². The highest BCUT2D eigenvalue weighted by molar-refractivity contribution is 5.87. The van der Waals surface area contributed by atoms with Crippen LogP contribution >= 0.6 is 0 Å². The molecule has 274 valence electrons. The Kier molecular flexibility index (Phi) is 12.2. The van der Waals surface area contributed by atoms with E-state index in [1.54, 1.807) is 14.2 Å². The molecule has 1 fully saturated rings. The number of nitrogens with zero attached hydrogens (tertiary/aromatic N) is 1. The number of ether oxygens (including phenoxy) is 4. The molecular formula is C42H49N3O7. The van der Waals surface area contributed by atoms with E-state index in [-0.39, 0.29) is 30.5 Å². The molecule has 4 aromatic rings. The monoisotopic (exact) mass is 707 g/mol. The Morgan fingerprint density at radius 2 is 1.52 bits per heavy atom. The van der Waals surface area contributed by atoms with Crippen molar-refractivity contribution in [2.24, 2.45) is 5.92 Å². The molecule has 10 heteroatoms. The molecule has 0 bridgehead atoms. The molecule has 3 N–H and O–H groups in total. The highest BCUT2D eigenvalue weighted by atomic mass is 16.7. The van der Waals surface area contributed by atoms with Gasteiger partial charge < -0.3 is 34.7 Å². The van der Waals surface area contributed by atoms with Gasteiger partial charge in [0.15, 0.2) is 23.6 Å². The van der Waals surface area contributed by atoms with Crippen LogP contribution in [-0.4, -0.2) is 61.3 Å². The average molecular weight is 708 g/mol. The molecule has 0 spiro atoms. The van der Waals surface area contributed by atoms with E-state index in [4.69, 9.17) is 18.9 Å². The first-order valence-electron chi connectivity index (χ1n) is 17.9. The lowest BCUT2D eigenvalue weighted by atomic mass is 9.89. The van der Waals surface area contributed by atoms with E-state index in [9.17, 15) is 14.7 Å². The molecular weight excluding hydrogens is 658 g/mol. The number of fused-ring (bicyclic) bond motifs is 1. The number of urea groups is 1. The number of nitrogens with one attached hydrogen (secondary N) is 2. The van der Waals surface area contributed by atoms with Gasteiger partial charge in [-0.15, -0.1) is 0 Å². The quantitative estimate of drug-likeness (QED) is 0.154. The summed E-state index contributed by atoms with van der Waals surface area (Å²) >= 11 is 0. The third-order valence-corrected chi connectivity index (χ3v) is 10.1. The molecule has 4 aromatic carbocycles. The Balaban J connectivity index is 1.13. The minimum absolute atomic E-state index is 0.0172. The van der Waals surface area contributed by atoms with Gasteiger partial charge in [0.25, 0.3) is 0 Å². The maximum absolute atomic E-state index is 12.8. The second-order valence-corrected chi connectivity index (χ2v) is 13.7. The van der Waals surface area contributed by atoms with Crippen LogP contribution in [-0.2, 0) is 46.8 Å². The molecule has 2 amide bonds. The summed E-state index contributed by atoms with van der Waals surface area (Å²) in [6.45, 7) is 6.33. The maximum Gasteiger partial charge on any atom is 0.315 e. The summed E-state index contributed by atoms with van der Waals surface area (Å²) in [4.78, 5) is 27.4.